The number of amides is 1. The first-order valence-electron chi connectivity index (χ1n) is 10.7. The van der Waals surface area contributed by atoms with Gasteiger partial charge in [0.25, 0.3) is 0 Å². The highest BCUT2D eigenvalue weighted by Gasteiger charge is 2.34. The Kier molecular flexibility index (Phi) is 6.51. The molecule has 2 N–H and O–H groups in total. The fraction of sp³-hybridized carbons (Fsp3) is 0.231. The Hall–Kier alpha value is -3.58. The number of carboxylic acids is 1. The lowest BCUT2D eigenvalue weighted by atomic mass is 9.88. The molecule has 0 fully saturated rings. The molecule has 170 valence electrons. The molecule has 0 saturated carbocycles. The molecule has 6 nitrogen and oxygen atoms in total. The number of hydrogen-bond donors (Lipinski definition) is 2. The van der Waals surface area contributed by atoms with E-state index < -0.39 is 5.97 Å². The van der Waals surface area contributed by atoms with Crippen LogP contribution in [0.3, 0.4) is 0 Å². The smallest absolute Gasteiger partial charge is 0.346 e. The van der Waals surface area contributed by atoms with Gasteiger partial charge in [-0.1, -0.05) is 48.6 Å². The van der Waals surface area contributed by atoms with Crippen LogP contribution in [0.5, 0.6) is 11.5 Å². The highest BCUT2D eigenvalue weighted by atomic mass is 32.1. The number of carbonyl (C=O) groups excluding carboxylic acids is 1. The number of anilines is 1. The lowest BCUT2D eigenvalue weighted by Gasteiger charge is -2.24. The zero-order chi connectivity index (χ0) is 23.5. The van der Waals surface area contributed by atoms with Gasteiger partial charge < -0.3 is 19.9 Å². The van der Waals surface area contributed by atoms with Gasteiger partial charge >= 0.3 is 5.97 Å². The van der Waals surface area contributed by atoms with E-state index in [2.05, 4.69) is 11.9 Å². The van der Waals surface area contributed by atoms with Gasteiger partial charge in [-0.15, -0.1) is 11.3 Å². The van der Waals surface area contributed by atoms with Gasteiger partial charge in [-0.2, -0.15) is 0 Å². The molecule has 0 aliphatic carbocycles. The molecular weight excluding hydrogens is 438 g/mol. The van der Waals surface area contributed by atoms with Crippen molar-refractivity contribution in [2.45, 2.75) is 26.2 Å². The van der Waals surface area contributed by atoms with Crippen molar-refractivity contribution in [1.82, 2.24) is 0 Å². The van der Waals surface area contributed by atoms with Crippen LogP contribution < -0.4 is 14.8 Å². The Morgan fingerprint density at radius 2 is 1.97 bits per heavy atom. The summed E-state index contributed by atoms with van der Waals surface area (Å²) in [6, 6.07) is 13.2. The zero-order valence-electron chi connectivity index (χ0n) is 18.5. The van der Waals surface area contributed by atoms with Gasteiger partial charge in [-0.25, -0.2) is 4.79 Å². The lowest BCUT2D eigenvalue weighted by Crippen LogP contribution is -2.22. The van der Waals surface area contributed by atoms with E-state index in [-0.39, 0.29) is 23.1 Å². The standard InChI is InChI=1S/C26H25NO5S/c1-4-12-32-19-11-10-17(13-20(19)31-5-2)18-14-21(28)27-23-22(16-8-6-15(3)7-9-16)25(26(29)30)33-24(18)23/h4,6-11,13,18H,1,5,12,14H2,2-3H3,(H,27,28)(H,29,30)/t18-/m1/s1. The number of aryl methyl sites for hydroxylation is 1. The van der Waals surface area contributed by atoms with Gasteiger partial charge in [0.2, 0.25) is 5.91 Å². The molecule has 7 heteroatoms. The largest absolute Gasteiger partial charge is 0.490 e. The molecule has 2 aromatic carbocycles. The van der Waals surface area contributed by atoms with Gasteiger partial charge in [-0.3, -0.25) is 4.79 Å². The Bertz CT molecular complexity index is 1210. The molecule has 0 unspecified atom stereocenters. The predicted molar refractivity (Wildman–Crippen MR) is 130 cm³/mol. The highest BCUT2D eigenvalue weighted by Crippen LogP contribution is 2.50. The van der Waals surface area contributed by atoms with Crippen molar-refractivity contribution in [2.75, 3.05) is 18.5 Å². The van der Waals surface area contributed by atoms with Crippen molar-refractivity contribution in [1.29, 1.82) is 0 Å². The van der Waals surface area contributed by atoms with E-state index in [1.165, 1.54) is 11.3 Å². The molecule has 2 heterocycles. The molecule has 0 radical (unpaired) electrons. The maximum absolute atomic E-state index is 12.7. The summed E-state index contributed by atoms with van der Waals surface area (Å²) in [4.78, 5) is 25.9. The fourth-order valence-electron chi connectivity index (χ4n) is 3.98. The monoisotopic (exact) mass is 463 g/mol. The predicted octanol–water partition coefficient (Wildman–Crippen LogP) is 5.86. The van der Waals surface area contributed by atoms with E-state index >= 15 is 0 Å². The van der Waals surface area contributed by atoms with E-state index in [0.717, 1.165) is 21.6 Å². The number of nitrogens with one attached hydrogen (secondary N) is 1. The number of ether oxygens (including phenoxy) is 2. The first-order chi connectivity index (χ1) is 15.9. The molecule has 0 saturated heterocycles. The van der Waals surface area contributed by atoms with Crippen LogP contribution in [-0.4, -0.2) is 30.2 Å². The average Bonchev–Trinajstić information content (AvgIpc) is 3.18. The van der Waals surface area contributed by atoms with Gasteiger partial charge in [-0.05, 0) is 37.1 Å². The summed E-state index contributed by atoms with van der Waals surface area (Å²) in [5, 5.41) is 12.9. The summed E-state index contributed by atoms with van der Waals surface area (Å²) in [6.07, 6.45) is 1.88. The molecule has 1 aliphatic rings. The summed E-state index contributed by atoms with van der Waals surface area (Å²) in [7, 11) is 0. The summed E-state index contributed by atoms with van der Waals surface area (Å²) in [6.45, 7) is 8.35. The third-order valence-corrected chi connectivity index (χ3v) is 6.76. The molecule has 3 aromatic rings. The number of fused-ring (bicyclic) bond motifs is 1. The third kappa shape index (κ3) is 4.50. The van der Waals surface area contributed by atoms with Crippen LogP contribution >= 0.6 is 11.3 Å². The van der Waals surface area contributed by atoms with E-state index in [4.69, 9.17) is 9.47 Å². The first-order valence-corrected chi connectivity index (χ1v) is 11.5. The fourth-order valence-corrected chi connectivity index (χ4v) is 5.23. The van der Waals surface area contributed by atoms with Crippen LogP contribution in [0.1, 0.15) is 44.9 Å². The topological polar surface area (TPSA) is 84.9 Å². The Balaban J connectivity index is 1.84. The molecular formula is C26H25NO5S. The van der Waals surface area contributed by atoms with Crippen molar-refractivity contribution in [3.05, 3.63) is 76.0 Å². The van der Waals surface area contributed by atoms with Crippen molar-refractivity contribution in [2.24, 2.45) is 0 Å². The second-order valence-corrected chi connectivity index (χ2v) is 8.81. The lowest BCUT2D eigenvalue weighted by molar-refractivity contribution is -0.116. The number of carbonyl (C=O) groups is 2. The van der Waals surface area contributed by atoms with Crippen LogP contribution in [0.15, 0.2) is 55.1 Å². The Morgan fingerprint density at radius 1 is 1.21 bits per heavy atom. The molecule has 1 amide bonds. The minimum Gasteiger partial charge on any atom is -0.490 e. The number of carboxylic acid groups (broad SMARTS) is 1. The quantitative estimate of drug-likeness (QED) is 0.409. The van der Waals surface area contributed by atoms with Gasteiger partial charge in [0.15, 0.2) is 11.5 Å². The van der Waals surface area contributed by atoms with E-state index in [0.29, 0.717) is 36.0 Å². The number of thiophene rings is 1. The van der Waals surface area contributed by atoms with Crippen molar-refractivity contribution in [3.63, 3.8) is 0 Å². The maximum Gasteiger partial charge on any atom is 0.346 e. The van der Waals surface area contributed by atoms with E-state index in [1.54, 1.807) is 6.08 Å². The number of hydrogen-bond acceptors (Lipinski definition) is 5. The summed E-state index contributed by atoms with van der Waals surface area (Å²) in [5.41, 5.74) is 3.83. The van der Waals surface area contributed by atoms with Crippen molar-refractivity contribution in [3.8, 4) is 22.6 Å². The molecule has 1 atom stereocenters. The summed E-state index contributed by atoms with van der Waals surface area (Å²) < 4.78 is 11.5. The van der Waals surface area contributed by atoms with E-state index in [1.807, 2.05) is 56.3 Å². The zero-order valence-corrected chi connectivity index (χ0v) is 19.3. The van der Waals surface area contributed by atoms with E-state index in [9.17, 15) is 14.7 Å². The van der Waals surface area contributed by atoms with Crippen molar-refractivity contribution < 1.29 is 24.2 Å². The average molecular weight is 464 g/mol. The second kappa shape index (κ2) is 9.50. The van der Waals surface area contributed by atoms with Crippen molar-refractivity contribution >= 4 is 28.9 Å². The number of benzene rings is 2. The molecule has 1 aromatic heterocycles. The van der Waals surface area contributed by atoms with Gasteiger partial charge in [0, 0.05) is 22.8 Å². The molecule has 1 aliphatic heterocycles. The van der Waals surface area contributed by atoms with Gasteiger partial charge in [0.1, 0.15) is 11.5 Å². The first kappa shape index (κ1) is 22.6. The molecule has 33 heavy (non-hydrogen) atoms. The maximum atomic E-state index is 12.7. The Morgan fingerprint density at radius 3 is 2.64 bits per heavy atom. The highest BCUT2D eigenvalue weighted by molar-refractivity contribution is 7.15. The van der Waals surface area contributed by atoms with Crippen LogP contribution in [0.25, 0.3) is 11.1 Å². The number of rotatable bonds is 8. The Labute approximate surface area is 196 Å². The second-order valence-electron chi connectivity index (χ2n) is 7.76. The van der Waals surface area contributed by atoms with Crippen LogP contribution in [0.4, 0.5) is 5.69 Å². The third-order valence-electron chi connectivity index (χ3n) is 5.47. The molecule has 4 rings (SSSR count). The normalized spacial score (nSPS) is 14.8. The molecule has 0 spiro atoms. The van der Waals surface area contributed by atoms with Crippen LogP contribution in [0.2, 0.25) is 0 Å². The minimum atomic E-state index is -1.01. The SMILES string of the molecule is C=CCOc1ccc([C@H]2CC(=O)Nc3c2sc(C(=O)O)c3-c2ccc(C)cc2)cc1OCC. The van der Waals surface area contributed by atoms with Crippen LogP contribution in [-0.2, 0) is 4.79 Å². The summed E-state index contributed by atoms with van der Waals surface area (Å²) >= 11 is 1.21. The minimum absolute atomic E-state index is 0.152. The number of aromatic carboxylic acids is 1. The van der Waals surface area contributed by atoms with Crippen LogP contribution in [0, 0.1) is 6.92 Å². The summed E-state index contributed by atoms with van der Waals surface area (Å²) in [5.74, 6) is -0.276. The molecule has 0 bridgehead atoms. The van der Waals surface area contributed by atoms with Gasteiger partial charge in [0.05, 0.1) is 12.3 Å².